The zero-order chi connectivity index (χ0) is 16.2. The fraction of sp³-hybridized carbons (Fsp3) is 0.588. The van der Waals surface area contributed by atoms with Gasteiger partial charge in [0.15, 0.2) is 0 Å². The van der Waals surface area contributed by atoms with Gasteiger partial charge < -0.3 is 21.1 Å². The smallest absolute Gasteiger partial charge is 0.315 e. The molecule has 0 aromatic heterocycles. The SMILES string of the molecule is CC(C)Nc1cccc(CNC(=O)NC(C)(CO)C2CC2)c1. The largest absolute Gasteiger partial charge is 0.394 e. The molecular weight excluding hydrogens is 278 g/mol. The quantitative estimate of drug-likeness (QED) is 0.625. The third kappa shape index (κ3) is 4.63. The summed E-state index contributed by atoms with van der Waals surface area (Å²) in [5, 5.41) is 18.6. The lowest BCUT2D eigenvalue weighted by Crippen LogP contribution is -2.53. The van der Waals surface area contributed by atoms with Gasteiger partial charge >= 0.3 is 6.03 Å². The van der Waals surface area contributed by atoms with Crippen molar-refractivity contribution in [2.24, 2.45) is 5.92 Å². The van der Waals surface area contributed by atoms with Crippen LogP contribution in [0.1, 0.15) is 39.2 Å². The molecule has 1 aliphatic carbocycles. The third-order valence-corrected chi connectivity index (χ3v) is 4.04. The molecule has 22 heavy (non-hydrogen) atoms. The summed E-state index contributed by atoms with van der Waals surface area (Å²) in [5.41, 5.74) is 1.58. The number of carbonyl (C=O) groups excluding carboxylic acids is 1. The number of nitrogens with one attached hydrogen (secondary N) is 3. The number of hydrogen-bond donors (Lipinski definition) is 4. The maximum atomic E-state index is 12.0. The summed E-state index contributed by atoms with van der Waals surface area (Å²) in [7, 11) is 0. The maximum Gasteiger partial charge on any atom is 0.315 e. The van der Waals surface area contributed by atoms with Gasteiger partial charge in [0, 0.05) is 18.3 Å². The normalized spacial score (nSPS) is 17.0. The fourth-order valence-electron chi connectivity index (χ4n) is 2.58. The van der Waals surface area contributed by atoms with Crippen molar-refractivity contribution in [2.45, 2.75) is 51.7 Å². The van der Waals surface area contributed by atoms with Gasteiger partial charge in [0.05, 0.1) is 12.1 Å². The molecule has 4 N–H and O–H groups in total. The Balaban J connectivity index is 1.85. The molecule has 0 heterocycles. The number of benzene rings is 1. The van der Waals surface area contributed by atoms with Gasteiger partial charge in [0.25, 0.3) is 0 Å². The molecule has 2 amide bonds. The molecule has 1 aromatic rings. The van der Waals surface area contributed by atoms with Gasteiger partial charge in [-0.25, -0.2) is 4.79 Å². The molecular formula is C17H27N3O2. The van der Waals surface area contributed by atoms with Gasteiger partial charge in [-0.1, -0.05) is 12.1 Å². The van der Waals surface area contributed by atoms with Crippen LogP contribution in [0.25, 0.3) is 0 Å². The Bertz CT molecular complexity index is 514. The number of rotatable bonds is 7. The van der Waals surface area contributed by atoms with Crippen LogP contribution in [0.5, 0.6) is 0 Å². The first-order chi connectivity index (χ1) is 10.4. The zero-order valence-corrected chi connectivity index (χ0v) is 13.6. The Kier molecular flexibility index (Phi) is 5.29. The van der Waals surface area contributed by atoms with Crippen molar-refractivity contribution in [3.63, 3.8) is 0 Å². The summed E-state index contributed by atoms with van der Waals surface area (Å²) < 4.78 is 0. The third-order valence-electron chi connectivity index (χ3n) is 4.04. The van der Waals surface area contributed by atoms with E-state index >= 15 is 0 Å². The minimum absolute atomic E-state index is 0.0289. The van der Waals surface area contributed by atoms with Crippen LogP contribution in [-0.4, -0.2) is 29.3 Å². The van der Waals surface area contributed by atoms with Crippen LogP contribution in [0.15, 0.2) is 24.3 Å². The number of aliphatic hydroxyl groups is 1. The highest BCUT2D eigenvalue weighted by molar-refractivity contribution is 5.75. The molecule has 122 valence electrons. The van der Waals surface area contributed by atoms with E-state index in [0.717, 1.165) is 24.1 Å². The standard InChI is InChI=1S/C17H27N3O2/c1-12(2)19-15-6-4-5-13(9-15)10-18-16(22)20-17(3,11-21)14-7-8-14/h4-6,9,12,14,19,21H,7-8,10-11H2,1-3H3,(H2,18,20,22). The summed E-state index contributed by atoms with van der Waals surface area (Å²) in [4.78, 5) is 12.0. The summed E-state index contributed by atoms with van der Waals surface area (Å²) in [6.45, 7) is 6.51. The van der Waals surface area contributed by atoms with E-state index in [9.17, 15) is 9.90 Å². The van der Waals surface area contributed by atoms with Crippen LogP contribution in [0.4, 0.5) is 10.5 Å². The van der Waals surface area contributed by atoms with Gasteiger partial charge in [0.1, 0.15) is 0 Å². The molecule has 1 aromatic carbocycles. The van der Waals surface area contributed by atoms with Crippen molar-refractivity contribution in [3.8, 4) is 0 Å². The van der Waals surface area contributed by atoms with Gasteiger partial charge in [-0.05, 0) is 57.2 Å². The fourth-order valence-corrected chi connectivity index (χ4v) is 2.58. The second kappa shape index (κ2) is 7.01. The molecule has 1 unspecified atom stereocenters. The highest BCUT2D eigenvalue weighted by atomic mass is 16.3. The Morgan fingerprint density at radius 2 is 2.14 bits per heavy atom. The Morgan fingerprint density at radius 1 is 1.41 bits per heavy atom. The molecule has 0 bridgehead atoms. The summed E-state index contributed by atoms with van der Waals surface area (Å²) >= 11 is 0. The van der Waals surface area contributed by atoms with E-state index in [4.69, 9.17) is 0 Å². The van der Waals surface area contributed by atoms with Crippen LogP contribution in [-0.2, 0) is 6.54 Å². The van der Waals surface area contributed by atoms with Gasteiger partial charge in [-0.2, -0.15) is 0 Å². The first kappa shape index (κ1) is 16.6. The molecule has 0 saturated heterocycles. The Morgan fingerprint density at radius 3 is 2.73 bits per heavy atom. The minimum Gasteiger partial charge on any atom is -0.394 e. The summed E-state index contributed by atoms with van der Waals surface area (Å²) in [5.74, 6) is 0.391. The predicted octanol–water partition coefficient (Wildman–Crippen LogP) is 2.47. The molecule has 0 spiro atoms. The number of urea groups is 1. The molecule has 1 atom stereocenters. The van der Waals surface area contributed by atoms with Crippen molar-refractivity contribution in [3.05, 3.63) is 29.8 Å². The topological polar surface area (TPSA) is 73.4 Å². The number of anilines is 1. The van der Waals surface area contributed by atoms with E-state index in [0.29, 0.717) is 18.5 Å². The summed E-state index contributed by atoms with van der Waals surface area (Å²) in [6, 6.07) is 8.15. The second-order valence-electron chi connectivity index (χ2n) is 6.66. The second-order valence-corrected chi connectivity index (χ2v) is 6.66. The van der Waals surface area contributed by atoms with E-state index in [2.05, 4.69) is 29.8 Å². The van der Waals surface area contributed by atoms with Crippen molar-refractivity contribution in [2.75, 3.05) is 11.9 Å². The van der Waals surface area contributed by atoms with Crippen LogP contribution in [0, 0.1) is 5.92 Å². The first-order valence-electron chi connectivity index (χ1n) is 7.95. The van der Waals surface area contributed by atoms with E-state index in [1.165, 1.54) is 0 Å². The van der Waals surface area contributed by atoms with Crippen LogP contribution < -0.4 is 16.0 Å². The number of hydrogen-bond acceptors (Lipinski definition) is 3. The van der Waals surface area contributed by atoms with Crippen LogP contribution >= 0.6 is 0 Å². The molecule has 0 radical (unpaired) electrons. The number of carbonyl (C=O) groups is 1. The van der Waals surface area contributed by atoms with Crippen LogP contribution in [0.2, 0.25) is 0 Å². The van der Waals surface area contributed by atoms with E-state index in [1.807, 2.05) is 31.2 Å². The Labute approximate surface area is 132 Å². The van der Waals surface area contributed by atoms with Crippen molar-refractivity contribution in [1.82, 2.24) is 10.6 Å². The highest BCUT2D eigenvalue weighted by Gasteiger charge is 2.42. The maximum absolute atomic E-state index is 12.0. The lowest BCUT2D eigenvalue weighted by molar-refractivity contribution is 0.155. The van der Waals surface area contributed by atoms with Crippen molar-refractivity contribution >= 4 is 11.7 Å². The van der Waals surface area contributed by atoms with Crippen molar-refractivity contribution in [1.29, 1.82) is 0 Å². The van der Waals surface area contributed by atoms with Crippen LogP contribution in [0.3, 0.4) is 0 Å². The average Bonchev–Trinajstić information content (AvgIpc) is 3.30. The monoisotopic (exact) mass is 305 g/mol. The highest BCUT2D eigenvalue weighted by Crippen LogP contribution is 2.39. The molecule has 1 fully saturated rings. The van der Waals surface area contributed by atoms with Gasteiger partial charge in [-0.15, -0.1) is 0 Å². The lowest BCUT2D eigenvalue weighted by Gasteiger charge is -2.28. The molecule has 5 heteroatoms. The summed E-state index contributed by atoms with van der Waals surface area (Å²) in [6.07, 6.45) is 2.14. The average molecular weight is 305 g/mol. The first-order valence-corrected chi connectivity index (χ1v) is 7.95. The number of amides is 2. The van der Waals surface area contributed by atoms with E-state index in [1.54, 1.807) is 0 Å². The minimum atomic E-state index is -0.509. The lowest BCUT2D eigenvalue weighted by atomic mass is 9.97. The molecule has 0 aliphatic heterocycles. The van der Waals surface area contributed by atoms with Gasteiger partial charge in [0.2, 0.25) is 0 Å². The predicted molar refractivity (Wildman–Crippen MR) is 88.8 cm³/mol. The van der Waals surface area contributed by atoms with E-state index in [-0.39, 0.29) is 12.6 Å². The molecule has 2 rings (SSSR count). The molecule has 1 aliphatic rings. The zero-order valence-electron chi connectivity index (χ0n) is 13.6. The van der Waals surface area contributed by atoms with E-state index < -0.39 is 5.54 Å². The van der Waals surface area contributed by atoms with Gasteiger partial charge in [-0.3, -0.25) is 0 Å². The number of aliphatic hydroxyl groups excluding tert-OH is 1. The molecule has 1 saturated carbocycles. The Hall–Kier alpha value is -1.75. The van der Waals surface area contributed by atoms with Crippen molar-refractivity contribution < 1.29 is 9.90 Å². The molecule has 5 nitrogen and oxygen atoms in total.